The predicted octanol–water partition coefficient (Wildman–Crippen LogP) is 5.39. The number of fused-ring (bicyclic) bond motifs is 4. The van der Waals surface area contributed by atoms with Crippen molar-refractivity contribution in [3.63, 3.8) is 0 Å². The topological polar surface area (TPSA) is 53.5 Å². The molecule has 8 heteroatoms. The molecule has 5 heterocycles. The van der Waals surface area contributed by atoms with E-state index in [-0.39, 0.29) is 5.92 Å². The van der Waals surface area contributed by atoms with Crippen molar-refractivity contribution in [2.75, 3.05) is 26.4 Å². The lowest BCUT2D eigenvalue weighted by Gasteiger charge is -2.36. The van der Waals surface area contributed by atoms with Crippen molar-refractivity contribution in [3.05, 3.63) is 57.7 Å². The van der Waals surface area contributed by atoms with Gasteiger partial charge in [-0.1, -0.05) is 0 Å². The van der Waals surface area contributed by atoms with Crippen molar-refractivity contribution >= 4 is 0 Å². The molecule has 1 unspecified atom stereocenters. The van der Waals surface area contributed by atoms with E-state index >= 15 is 0 Å². The highest BCUT2D eigenvalue weighted by Gasteiger charge is 2.51. The summed E-state index contributed by atoms with van der Waals surface area (Å²) in [5.41, 5.74) is 5.11. The van der Waals surface area contributed by atoms with Gasteiger partial charge in [0, 0.05) is 62.6 Å². The van der Waals surface area contributed by atoms with E-state index in [0.29, 0.717) is 32.1 Å². The summed E-state index contributed by atoms with van der Waals surface area (Å²) in [6, 6.07) is 2.59. The second kappa shape index (κ2) is 8.57. The maximum atomic E-state index is 13.2. The second-order valence-corrected chi connectivity index (χ2v) is 9.88. The molecule has 182 valence electrons. The molecular weight excluding hydrogens is 445 g/mol. The summed E-state index contributed by atoms with van der Waals surface area (Å²) < 4.78 is 57.8. The van der Waals surface area contributed by atoms with Crippen LogP contribution in [-0.2, 0) is 38.8 Å². The lowest BCUT2D eigenvalue weighted by molar-refractivity contribution is -0.138. The summed E-state index contributed by atoms with van der Waals surface area (Å²) in [4.78, 5) is 9.52. The minimum atomic E-state index is -4.42. The second-order valence-electron chi connectivity index (χ2n) is 9.88. The van der Waals surface area contributed by atoms with E-state index in [9.17, 15) is 13.2 Å². The number of hydrogen-bond donors (Lipinski definition) is 0. The number of aromatic nitrogens is 2. The van der Waals surface area contributed by atoms with Crippen LogP contribution in [0.15, 0.2) is 18.3 Å². The Labute approximate surface area is 197 Å². The van der Waals surface area contributed by atoms with E-state index < -0.39 is 23.4 Å². The van der Waals surface area contributed by atoms with Crippen LogP contribution in [0.1, 0.15) is 89.9 Å². The standard InChI is InChI=1S/C26H29F3N2O3/c27-26(28,29)17-5-6-20(30-15-17)24-21-22(25(34-24)9-13-33-14-10-25)18-3-1-2-4-19(18)31-23(21)16-7-11-32-12-8-16/h5-6,15-16,24H,1-4,7-14H2. The molecule has 1 spiro atoms. The van der Waals surface area contributed by atoms with Gasteiger partial charge in [0.25, 0.3) is 0 Å². The molecular formula is C26H29F3N2O3. The number of ether oxygens (including phenoxy) is 3. The highest BCUT2D eigenvalue weighted by molar-refractivity contribution is 5.53. The Morgan fingerprint density at radius 3 is 2.38 bits per heavy atom. The third kappa shape index (κ3) is 3.74. The van der Waals surface area contributed by atoms with E-state index in [2.05, 4.69) is 4.98 Å². The van der Waals surface area contributed by atoms with E-state index in [1.807, 2.05) is 0 Å². The summed E-state index contributed by atoms with van der Waals surface area (Å²) in [7, 11) is 0. The average molecular weight is 475 g/mol. The van der Waals surface area contributed by atoms with Gasteiger partial charge >= 0.3 is 6.18 Å². The average Bonchev–Trinajstić information content (AvgIpc) is 3.18. The van der Waals surface area contributed by atoms with Gasteiger partial charge in [-0.15, -0.1) is 0 Å². The molecule has 4 aliphatic rings. The van der Waals surface area contributed by atoms with Gasteiger partial charge in [0.15, 0.2) is 0 Å². The smallest absolute Gasteiger partial charge is 0.381 e. The molecule has 0 bridgehead atoms. The summed E-state index contributed by atoms with van der Waals surface area (Å²) in [5, 5.41) is 0. The summed E-state index contributed by atoms with van der Waals surface area (Å²) in [6.45, 7) is 2.61. The first-order valence-electron chi connectivity index (χ1n) is 12.4. The fourth-order valence-corrected chi connectivity index (χ4v) is 6.20. The van der Waals surface area contributed by atoms with Crippen molar-refractivity contribution in [3.8, 4) is 0 Å². The third-order valence-corrected chi connectivity index (χ3v) is 7.89. The van der Waals surface area contributed by atoms with Crippen LogP contribution in [-0.4, -0.2) is 36.4 Å². The zero-order valence-electron chi connectivity index (χ0n) is 19.1. The highest BCUT2D eigenvalue weighted by atomic mass is 19.4. The van der Waals surface area contributed by atoms with Gasteiger partial charge in [-0.2, -0.15) is 13.2 Å². The Bertz CT molecular complexity index is 1060. The third-order valence-electron chi connectivity index (χ3n) is 7.89. The van der Waals surface area contributed by atoms with Crippen LogP contribution in [0.25, 0.3) is 0 Å². The minimum absolute atomic E-state index is 0.255. The first kappa shape index (κ1) is 22.4. The molecule has 1 atom stereocenters. The molecule has 0 amide bonds. The summed E-state index contributed by atoms with van der Waals surface area (Å²) in [5.74, 6) is 0.255. The number of aryl methyl sites for hydroxylation is 1. The number of halogens is 3. The lowest BCUT2D eigenvalue weighted by Crippen LogP contribution is -2.35. The van der Waals surface area contributed by atoms with Crippen molar-refractivity contribution in [2.45, 2.75) is 75.2 Å². The fraction of sp³-hybridized carbons (Fsp3) is 0.615. The van der Waals surface area contributed by atoms with Crippen molar-refractivity contribution in [1.82, 2.24) is 9.97 Å². The van der Waals surface area contributed by atoms with Gasteiger partial charge in [0.1, 0.15) is 6.10 Å². The lowest BCUT2D eigenvalue weighted by atomic mass is 9.76. The number of rotatable bonds is 2. The molecule has 2 aromatic heterocycles. The van der Waals surface area contributed by atoms with Crippen LogP contribution < -0.4 is 0 Å². The van der Waals surface area contributed by atoms with Crippen LogP contribution in [0, 0.1) is 0 Å². The quantitative estimate of drug-likeness (QED) is 0.584. The van der Waals surface area contributed by atoms with Gasteiger partial charge < -0.3 is 14.2 Å². The zero-order chi connectivity index (χ0) is 23.3. The molecule has 5 nitrogen and oxygen atoms in total. The first-order valence-corrected chi connectivity index (χ1v) is 12.4. The van der Waals surface area contributed by atoms with Crippen molar-refractivity contribution < 1.29 is 27.4 Å². The van der Waals surface area contributed by atoms with E-state index in [1.165, 1.54) is 22.9 Å². The monoisotopic (exact) mass is 474 g/mol. The maximum absolute atomic E-state index is 13.2. The van der Waals surface area contributed by atoms with Gasteiger partial charge in [0.2, 0.25) is 0 Å². The molecule has 0 saturated carbocycles. The maximum Gasteiger partial charge on any atom is 0.417 e. The van der Waals surface area contributed by atoms with E-state index in [0.717, 1.165) is 74.9 Å². The molecule has 0 N–H and O–H groups in total. The van der Waals surface area contributed by atoms with Gasteiger partial charge in [0.05, 0.1) is 22.6 Å². The predicted molar refractivity (Wildman–Crippen MR) is 118 cm³/mol. The molecule has 6 rings (SSSR count). The Balaban J connectivity index is 1.54. The van der Waals surface area contributed by atoms with Crippen LogP contribution in [0.4, 0.5) is 13.2 Å². The van der Waals surface area contributed by atoms with Crippen molar-refractivity contribution in [1.29, 1.82) is 0 Å². The van der Waals surface area contributed by atoms with Gasteiger partial charge in [-0.05, 0) is 61.8 Å². The molecule has 0 aromatic carbocycles. The van der Waals surface area contributed by atoms with Crippen LogP contribution in [0.5, 0.6) is 0 Å². The Kier molecular flexibility index (Phi) is 5.66. The molecule has 34 heavy (non-hydrogen) atoms. The Hall–Kier alpha value is -2.03. The van der Waals surface area contributed by atoms with Crippen LogP contribution >= 0.6 is 0 Å². The molecule has 2 aromatic rings. The number of pyridine rings is 2. The Morgan fingerprint density at radius 2 is 1.68 bits per heavy atom. The molecule has 1 aliphatic carbocycles. The molecule has 0 radical (unpaired) electrons. The number of hydrogen-bond acceptors (Lipinski definition) is 5. The molecule has 3 aliphatic heterocycles. The first-order chi connectivity index (χ1) is 16.5. The SMILES string of the molecule is FC(F)(F)c1ccc(C2OC3(CCOCC3)c3c4c(nc(C5CCOCC5)c32)CCCC4)nc1. The number of alkyl halides is 3. The minimum Gasteiger partial charge on any atom is -0.381 e. The fourth-order valence-electron chi connectivity index (χ4n) is 6.20. The van der Waals surface area contributed by atoms with Crippen LogP contribution in [0.3, 0.4) is 0 Å². The van der Waals surface area contributed by atoms with E-state index in [4.69, 9.17) is 19.2 Å². The largest absolute Gasteiger partial charge is 0.417 e. The summed E-state index contributed by atoms with van der Waals surface area (Å²) >= 11 is 0. The van der Waals surface area contributed by atoms with Gasteiger partial charge in [-0.25, -0.2) is 0 Å². The highest BCUT2D eigenvalue weighted by Crippen LogP contribution is 2.55. The van der Waals surface area contributed by atoms with Crippen molar-refractivity contribution in [2.24, 2.45) is 0 Å². The molecule has 2 fully saturated rings. The van der Waals surface area contributed by atoms with Gasteiger partial charge in [-0.3, -0.25) is 9.97 Å². The zero-order valence-corrected chi connectivity index (χ0v) is 19.1. The summed E-state index contributed by atoms with van der Waals surface area (Å²) in [6.07, 6.45) is 3.42. The Morgan fingerprint density at radius 1 is 0.941 bits per heavy atom. The molecule has 2 saturated heterocycles. The number of nitrogens with zero attached hydrogens (tertiary/aromatic N) is 2. The normalized spacial score (nSPS) is 24.7. The van der Waals surface area contributed by atoms with E-state index in [1.54, 1.807) is 0 Å². The van der Waals surface area contributed by atoms with Crippen LogP contribution in [0.2, 0.25) is 0 Å².